The van der Waals surface area contributed by atoms with E-state index < -0.39 is 42.8 Å². The SMILES string of the molecule is CC.CC1CCCN1C=O.Cc1nc(C(=O)NC2COCC2O)sc1-c1cnc(NCC(F)(F)F)cc1C(F)F. The molecule has 0 aromatic carbocycles. The van der Waals surface area contributed by atoms with Crippen molar-refractivity contribution in [2.45, 2.75) is 71.3 Å². The number of carbonyl (C=O) groups excluding carboxylic acids is 2. The van der Waals surface area contributed by atoms with Gasteiger partial charge in [0.15, 0.2) is 5.01 Å². The average molecular weight is 596 g/mol. The predicted octanol–water partition coefficient (Wildman–Crippen LogP) is 4.57. The smallest absolute Gasteiger partial charge is 0.388 e. The van der Waals surface area contributed by atoms with E-state index in [4.69, 9.17) is 4.74 Å². The van der Waals surface area contributed by atoms with Crippen molar-refractivity contribution < 1.29 is 41.4 Å². The molecule has 4 heterocycles. The summed E-state index contributed by atoms with van der Waals surface area (Å²) in [5.74, 6) is -0.944. The number of anilines is 1. The second-order valence-electron chi connectivity index (χ2n) is 8.88. The van der Waals surface area contributed by atoms with Crippen LogP contribution in [0.25, 0.3) is 10.4 Å². The first kappa shape index (κ1) is 33.3. The molecule has 2 aliphatic rings. The molecule has 0 saturated carbocycles. The molecule has 0 bridgehead atoms. The van der Waals surface area contributed by atoms with Gasteiger partial charge in [-0.3, -0.25) is 9.59 Å². The molecule has 2 aromatic rings. The van der Waals surface area contributed by atoms with Crippen LogP contribution in [-0.2, 0) is 9.53 Å². The summed E-state index contributed by atoms with van der Waals surface area (Å²) in [6.45, 7) is 7.37. The summed E-state index contributed by atoms with van der Waals surface area (Å²) < 4.78 is 69.2. The number of aromatic nitrogens is 2. The largest absolute Gasteiger partial charge is 0.405 e. The van der Waals surface area contributed by atoms with Gasteiger partial charge in [0.25, 0.3) is 12.3 Å². The van der Waals surface area contributed by atoms with E-state index in [2.05, 4.69) is 22.2 Å². The maximum absolute atomic E-state index is 13.6. The molecule has 15 heteroatoms. The summed E-state index contributed by atoms with van der Waals surface area (Å²) in [7, 11) is 0. The zero-order valence-corrected chi connectivity index (χ0v) is 23.4. The van der Waals surface area contributed by atoms with Gasteiger partial charge in [0.2, 0.25) is 6.41 Å². The quantitative estimate of drug-likeness (QED) is 0.317. The van der Waals surface area contributed by atoms with Gasteiger partial charge < -0.3 is 25.4 Å². The third kappa shape index (κ3) is 9.34. The number of likely N-dealkylation sites (tertiary alicyclic amines) is 1. The first-order valence-electron chi connectivity index (χ1n) is 12.7. The number of aliphatic hydroxyl groups excluding tert-OH is 1. The Labute approximate surface area is 233 Å². The Morgan fingerprint density at radius 1 is 1.32 bits per heavy atom. The Balaban J connectivity index is 0.000000475. The van der Waals surface area contributed by atoms with E-state index >= 15 is 0 Å². The van der Waals surface area contributed by atoms with E-state index in [1.807, 2.05) is 24.1 Å². The summed E-state index contributed by atoms with van der Waals surface area (Å²) in [4.78, 5) is 32.5. The fraction of sp³-hybridized carbons (Fsp3) is 0.600. The highest BCUT2D eigenvalue weighted by Gasteiger charge is 2.30. The third-order valence-electron chi connectivity index (χ3n) is 5.98. The molecule has 2 aromatic heterocycles. The van der Waals surface area contributed by atoms with E-state index in [1.54, 1.807) is 0 Å². The van der Waals surface area contributed by atoms with Crippen molar-refractivity contribution in [2.75, 3.05) is 31.6 Å². The topological polar surface area (TPSA) is 117 Å². The number of aryl methyl sites for hydroxylation is 1. The number of aliphatic hydroxyl groups is 1. The molecule has 9 nitrogen and oxygen atoms in total. The van der Waals surface area contributed by atoms with Gasteiger partial charge in [-0.15, -0.1) is 11.3 Å². The van der Waals surface area contributed by atoms with Gasteiger partial charge in [0, 0.05) is 29.9 Å². The fourth-order valence-electron chi connectivity index (χ4n) is 3.90. The molecule has 4 rings (SSSR count). The minimum absolute atomic E-state index is 0.0129. The zero-order chi connectivity index (χ0) is 30.0. The van der Waals surface area contributed by atoms with Crippen LogP contribution in [0.15, 0.2) is 12.3 Å². The molecular formula is C25H34F5N5O4S. The van der Waals surface area contributed by atoms with Crippen molar-refractivity contribution in [1.82, 2.24) is 20.2 Å². The van der Waals surface area contributed by atoms with E-state index in [9.17, 15) is 36.6 Å². The number of ether oxygens (including phenoxy) is 1. The highest BCUT2D eigenvalue weighted by Crippen LogP contribution is 2.37. The van der Waals surface area contributed by atoms with Gasteiger partial charge in [-0.25, -0.2) is 18.7 Å². The maximum atomic E-state index is 13.6. The van der Waals surface area contributed by atoms with Gasteiger partial charge in [0.05, 0.1) is 35.9 Å². The van der Waals surface area contributed by atoms with Crippen LogP contribution >= 0.6 is 11.3 Å². The number of alkyl halides is 5. The number of nitrogens with zero attached hydrogens (tertiary/aromatic N) is 3. The normalized spacial score (nSPS) is 20.4. The molecule has 224 valence electrons. The molecule has 3 atom stereocenters. The Hall–Kier alpha value is -2.91. The standard InChI is InChI=1S/C17H17F5N4O3S.C6H11NO.C2H6/c1-7-13(30-16(25-7)15(28)26-10-4-29-5-11(10)27)9-3-23-12(2-8(9)14(18)19)24-6-17(20,21)22;1-6-3-2-4-7(6)5-8;1-2/h2-3,10-11,14,27H,4-6H2,1H3,(H,23,24)(H,26,28);5-6H,2-4H2,1H3;1-2H3. The van der Waals surface area contributed by atoms with Crippen LogP contribution < -0.4 is 10.6 Å². The maximum Gasteiger partial charge on any atom is 0.405 e. The second-order valence-corrected chi connectivity index (χ2v) is 9.88. The van der Waals surface area contributed by atoms with Crippen molar-refractivity contribution in [3.8, 4) is 10.4 Å². The van der Waals surface area contributed by atoms with Crippen molar-refractivity contribution in [2.24, 2.45) is 0 Å². The van der Waals surface area contributed by atoms with Gasteiger partial charge in [-0.2, -0.15) is 13.2 Å². The van der Waals surface area contributed by atoms with Crippen molar-refractivity contribution in [3.05, 3.63) is 28.5 Å². The molecule has 2 fully saturated rings. The van der Waals surface area contributed by atoms with E-state index in [0.717, 1.165) is 36.6 Å². The van der Waals surface area contributed by atoms with E-state index in [0.29, 0.717) is 6.04 Å². The predicted molar refractivity (Wildman–Crippen MR) is 140 cm³/mol. The van der Waals surface area contributed by atoms with Crippen molar-refractivity contribution >= 4 is 29.5 Å². The number of rotatable bonds is 7. The monoisotopic (exact) mass is 595 g/mol. The Morgan fingerprint density at radius 2 is 2.02 bits per heavy atom. The van der Waals surface area contributed by atoms with Crippen LogP contribution in [0, 0.1) is 6.92 Å². The number of amides is 2. The lowest BCUT2D eigenvalue weighted by Gasteiger charge is -2.13. The van der Waals surface area contributed by atoms with Crippen LogP contribution in [0.5, 0.6) is 0 Å². The van der Waals surface area contributed by atoms with Gasteiger partial charge >= 0.3 is 6.18 Å². The number of nitrogens with one attached hydrogen (secondary N) is 2. The molecule has 3 unspecified atom stereocenters. The number of hydrogen-bond donors (Lipinski definition) is 3. The number of hydrogen-bond acceptors (Lipinski definition) is 8. The van der Waals surface area contributed by atoms with E-state index in [-0.39, 0.29) is 40.2 Å². The number of thiazole rings is 1. The highest BCUT2D eigenvalue weighted by atomic mass is 32.1. The summed E-state index contributed by atoms with van der Waals surface area (Å²) in [5.41, 5.74) is -0.276. The molecule has 2 amide bonds. The summed E-state index contributed by atoms with van der Waals surface area (Å²) in [5, 5.41) is 14.2. The van der Waals surface area contributed by atoms with E-state index in [1.165, 1.54) is 19.8 Å². The second kappa shape index (κ2) is 15.2. The molecule has 3 N–H and O–H groups in total. The minimum atomic E-state index is -4.53. The molecule has 2 aliphatic heterocycles. The lowest BCUT2D eigenvalue weighted by atomic mass is 10.1. The average Bonchev–Trinajstić information content (AvgIpc) is 3.63. The van der Waals surface area contributed by atoms with Crippen molar-refractivity contribution in [3.63, 3.8) is 0 Å². The van der Waals surface area contributed by atoms with Crippen molar-refractivity contribution in [1.29, 1.82) is 0 Å². The Bertz CT molecular complexity index is 1120. The lowest BCUT2D eigenvalue weighted by molar-refractivity contribution is -0.118. The molecule has 0 radical (unpaired) electrons. The molecule has 2 saturated heterocycles. The first-order chi connectivity index (χ1) is 18.9. The van der Waals surface area contributed by atoms with Crippen LogP contribution in [0.3, 0.4) is 0 Å². The Kier molecular flexibility index (Phi) is 12.6. The lowest BCUT2D eigenvalue weighted by Crippen LogP contribution is -2.42. The fourth-order valence-corrected chi connectivity index (χ4v) is 4.90. The summed E-state index contributed by atoms with van der Waals surface area (Å²) >= 11 is 0.841. The molecular weight excluding hydrogens is 561 g/mol. The van der Waals surface area contributed by atoms with Gasteiger partial charge in [-0.1, -0.05) is 13.8 Å². The number of halogens is 5. The zero-order valence-electron chi connectivity index (χ0n) is 22.6. The van der Waals surface area contributed by atoms with Crippen LogP contribution in [0.2, 0.25) is 0 Å². The highest BCUT2D eigenvalue weighted by molar-refractivity contribution is 7.17. The van der Waals surface area contributed by atoms with Gasteiger partial charge in [-0.05, 0) is 32.8 Å². The first-order valence-corrected chi connectivity index (χ1v) is 13.6. The Morgan fingerprint density at radius 3 is 2.52 bits per heavy atom. The number of carbonyl (C=O) groups is 2. The van der Waals surface area contributed by atoms with Crippen LogP contribution in [0.1, 0.15) is 61.1 Å². The third-order valence-corrected chi connectivity index (χ3v) is 7.17. The molecule has 0 aliphatic carbocycles. The molecule has 40 heavy (non-hydrogen) atoms. The van der Waals surface area contributed by atoms with Crippen LogP contribution in [-0.4, -0.2) is 83.0 Å². The van der Waals surface area contributed by atoms with Crippen LogP contribution in [0.4, 0.5) is 27.8 Å². The van der Waals surface area contributed by atoms with Gasteiger partial charge in [0.1, 0.15) is 12.4 Å². The molecule has 0 spiro atoms. The number of pyridine rings is 1. The minimum Gasteiger partial charge on any atom is -0.388 e. The summed E-state index contributed by atoms with van der Waals surface area (Å²) in [6, 6.07) is 0.728. The summed E-state index contributed by atoms with van der Waals surface area (Å²) in [6.07, 6.45) is -4.05.